The van der Waals surface area contributed by atoms with E-state index in [1.165, 1.54) is 19.6 Å². The number of hydrogen-bond donors (Lipinski definition) is 0. The molecule has 11 aromatic carbocycles. The lowest BCUT2D eigenvalue weighted by Gasteiger charge is -2.35. The minimum Gasteiger partial charge on any atom is -0.310 e. The molecule has 3 heterocycles. The van der Waals surface area contributed by atoms with Gasteiger partial charge in [0.2, 0.25) is 0 Å². The fourth-order valence-corrected chi connectivity index (χ4v) is 12.6. The third kappa shape index (κ3) is 7.14. The van der Waals surface area contributed by atoms with Crippen LogP contribution in [0, 0.1) is 0 Å². The summed E-state index contributed by atoms with van der Waals surface area (Å²) in [5.74, 6) is 0. The van der Waals surface area contributed by atoms with E-state index in [0.717, 1.165) is 101 Å². The van der Waals surface area contributed by atoms with E-state index in [9.17, 15) is 0 Å². The molecule has 340 valence electrons. The van der Waals surface area contributed by atoms with Crippen LogP contribution in [0.15, 0.2) is 275 Å². The summed E-state index contributed by atoms with van der Waals surface area (Å²) in [7, 11) is 0. The van der Waals surface area contributed by atoms with Gasteiger partial charge in [-0.3, -0.25) is 9.97 Å². The molecule has 0 bridgehead atoms. The Hall–Kier alpha value is -8.82. The van der Waals surface area contributed by atoms with Crippen LogP contribution < -0.4 is 19.6 Å². The highest BCUT2D eigenvalue weighted by atomic mass is 32.2. The van der Waals surface area contributed by atoms with Gasteiger partial charge in [-0.15, -0.1) is 0 Å². The number of aromatic nitrogens is 2. The summed E-state index contributed by atoms with van der Waals surface area (Å²) in [6, 6.07) is 87.4. The van der Waals surface area contributed by atoms with Gasteiger partial charge in [0.25, 0.3) is 0 Å². The van der Waals surface area contributed by atoms with Gasteiger partial charge < -0.3 is 19.6 Å². The fraction of sp³-hybridized carbons (Fsp3) is 0. The lowest BCUT2D eigenvalue weighted by Crippen LogP contribution is -2.16. The molecule has 12 aromatic rings. The van der Waals surface area contributed by atoms with Crippen LogP contribution in [-0.4, -0.2) is 9.97 Å². The summed E-state index contributed by atoms with van der Waals surface area (Å²) in [5.41, 5.74) is 15.1. The summed E-state index contributed by atoms with van der Waals surface area (Å²) in [6.07, 6.45) is 3.61. The van der Waals surface area contributed by atoms with E-state index in [0.29, 0.717) is 0 Å². The summed E-state index contributed by atoms with van der Waals surface area (Å²) in [5, 5.41) is 4.35. The Labute approximate surface area is 426 Å². The Morgan fingerprint density at radius 1 is 0.278 bits per heavy atom. The molecule has 0 fully saturated rings. The third-order valence-electron chi connectivity index (χ3n) is 13.6. The summed E-state index contributed by atoms with van der Waals surface area (Å²) in [6.45, 7) is 0. The zero-order chi connectivity index (χ0) is 47.5. The van der Waals surface area contributed by atoms with E-state index < -0.39 is 0 Å². The minimum atomic E-state index is 0.889. The van der Waals surface area contributed by atoms with Gasteiger partial charge in [-0.05, 0) is 144 Å². The van der Waals surface area contributed by atoms with Crippen molar-refractivity contribution in [2.24, 2.45) is 0 Å². The highest BCUT2D eigenvalue weighted by molar-refractivity contribution is 8.00. The summed E-state index contributed by atoms with van der Waals surface area (Å²) >= 11 is 3.64. The van der Waals surface area contributed by atoms with Crippen LogP contribution in [0.4, 0.5) is 68.2 Å². The van der Waals surface area contributed by atoms with Crippen molar-refractivity contribution in [1.29, 1.82) is 0 Å². The van der Waals surface area contributed by atoms with E-state index in [4.69, 9.17) is 9.97 Å². The average molecular weight is 959 g/mol. The lowest BCUT2D eigenvalue weighted by atomic mass is 9.97. The lowest BCUT2D eigenvalue weighted by molar-refractivity contribution is 1.16. The predicted molar refractivity (Wildman–Crippen MR) is 302 cm³/mol. The van der Waals surface area contributed by atoms with Crippen molar-refractivity contribution in [3.8, 4) is 0 Å². The molecule has 6 nitrogen and oxygen atoms in total. The second kappa shape index (κ2) is 17.5. The van der Waals surface area contributed by atoms with Crippen molar-refractivity contribution in [2.75, 3.05) is 19.6 Å². The van der Waals surface area contributed by atoms with Gasteiger partial charge in [0.15, 0.2) is 0 Å². The van der Waals surface area contributed by atoms with Crippen molar-refractivity contribution in [1.82, 2.24) is 9.97 Å². The number of hydrogen-bond acceptors (Lipinski definition) is 8. The molecule has 2 aliphatic rings. The maximum atomic E-state index is 4.99. The Balaban J connectivity index is 0.931. The van der Waals surface area contributed by atoms with Crippen LogP contribution in [0.5, 0.6) is 0 Å². The highest BCUT2D eigenvalue weighted by Gasteiger charge is 2.29. The molecule has 1 aromatic heterocycles. The van der Waals surface area contributed by atoms with Gasteiger partial charge in [-0.1, -0.05) is 133 Å². The predicted octanol–water partition coefficient (Wildman–Crippen LogP) is 18.7. The molecule has 0 amide bonds. The number of fused-ring (bicyclic) bond motifs is 10. The first kappa shape index (κ1) is 42.1. The van der Waals surface area contributed by atoms with Gasteiger partial charge in [-0.2, -0.15) is 0 Å². The van der Waals surface area contributed by atoms with Gasteiger partial charge in [0.05, 0.1) is 33.8 Å². The molecule has 72 heavy (non-hydrogen) atoms. The van der Waals surface area contributed by atoms with E-state index in [-0.39, 0.29) is 0 Å². The highest BCUT2D eigenvalue weighted by Crippen LogP contribution is 2.56. The third-order valence-corrected chi connectivity index (χ3v) is 15.8. The number of para-hydroxylation sites is 6. The first-order chi connectivity index (χ1) is 35.7. The summed E-state index contributed by atoms with van der Waals surface area (Å²) < 4.78 is 0. The van der Waals surface area contributed by atoms with Crippen LogP contribution in [0.2, 0.25) is 0 Å². The second-order valence-electron chi connectivity index (χ2n) is 17.8. The van der Waals surface area contributed by atoms with Crippen molar-refractivity contribution < 1.29 is 0 Å². The number of anilines is 12. The number of rotatable bonds is 8. The largest absolute Gasteiger partial charge is 0.310 e. The van der Waals surface area contributed by atoms with Gasteiger partial charge in [0.1, 0.15) is 0 Å². The van der Waals surface area contributed by atoms with E-state index in [1.807, 2.05) is 23.5 Å². The molecule has 0 aliphatic carbocycles. The number of nitrogens with zero attached hydrogens (tertiary/aromatic N) is 6. The normalized spacial score (nSPS) is 12.6. The molecule has 0 atom stereocenters. The molecular formula is C64H42N6S2. The minimum absolute atomic E-state index is 0.889. The molecule has 0 unspecified atom stereocenters. The van der Waals surface area contributed by atoms with Crippen LogP contribution >= 0.6 is 23.5 Å². The molecule has 0 radical (unpaired) electrons. The Morgan fingerprint density at radius 3 is 1.01 bits per heavy atom. The zero-order valence-electron chi connectivity index (χ0n) is 38.7. The maximum absolute atomic E-state index is 4.99. The van der Waals surface area contributed by atoms with Crippen LogP contribution in [0.1, 0.15) is 0 Å². The molecule has 0 saturated carbocycles. The first-order valence-electron chi connectivity index (χ1n) is 24.0. The van der Waals surface area contributed by atoms with Gasteiger partial charge >= 0.3 is 0 Å². The Bertz CT molecular complexity index is 3680. The Morgan fingerprint density at radius 2 is 0.625 bits per heavy atom. The van der Waals surface area contributed by atoms with Crippen LogP contribution in [-0.2, 0) is 0 Å². The van der Waals surface area contributed by atoms with Crippen molar-refractivity contribution in [3.05, 3.63) is 255 Å². The fourth-order valence-electron chi connectivity index (χ4n) is 10.5. The molecule has 14 rings (SSSR count). The second-order valence-corrected chi connectivity index (χ2v) is 20.0. The molecule has 8 heteroatoms. The van der Waals surface area contributed by atoms with Crippen molar-refractivity contribution in [2.45, 2.75) is 19.6 Å². The summed E-state index contributed by atoms with van der Waals surface area (Å²) in [4.78, 5) is 24.2. The van der Waals surface area contributed by atoms with Crippen LogP contribution in [0.3, 0.4) is 0 Å². The van der Waals surface area contributed by atoms with Gasteiger partial charge in [0, 0.05) is 88.2 Å². The van der Waals surface area contributed by atoms with E-state index in [2.05, 4.69) is 262 Å². The Kier molecular flexibility index (Phi) is 10.3. The number of benzene rings is 11. The van der Waals surface area contributed by atoms with Gasteiger partial charge in [-0.25, -0.2) is 0 Å². The first-order valence-corrected chi connectivity index (χ1v) is 25.7. The topological polar surface area (TPSA) is 38.7 Å². The molecule has 0 saturated heterocycles. The van der Waals surface area contributed by atoms with Crippen molar-refractivity contribution in [3.63, 3.8) is 0 Å². The van der Waals surface area contributed by atoms with Crippen molar-refractivity contribution >= 4 is 124 Å². The van der Waals surface area contributed by atoms with E-state index in [1.54, 1.807) is 12.4 Å². The SMILES string of the molecule is c1ccc(N(c2ccccc2)c2ccc3c(c2)Sc2ccccc2N3c2ccc3c(c2)c2cc(N4c5ccccc5Sc5cc(N(c6ccccc6)c6ccccc6)ccc54)ccc2c2nccnc32)cc1. The smallest absolute Gasteiger partial charge is 0.0971 e. The monoisotopic (exact) mass is 958 g/mol. The zero-order valence-corrected chi connectivity index (χ0v) is 40.4. The quantitative estimate of drug-likeness (QED) is 0.140. The molecule has 2 aliphatic heterocycles. The maximum Gasteiger partial charge on any atom is 0.0971 e. The standard InChI is InChI=1S/C64H42N6S2/c1-5-17-43(18-6-1)67(44-19-7-2-8-20-44)49-31-35-57-61(41-49)71-59-27-15-13-25-55(59)69(57)47-29-33-51-53(39-47)54-40-48(30-34-52(54)64-63(51)65-37-38-66-64)70-56-26-14-16-28-60(56)72-62-42-50(32-36-58(62)70)68(45-21-9-3-10-22-45)46-23-11-4-12-24-46/h1-42H. The molecule has 0 spiro atoms. The van der Waals surface area contributed by atoms with Crippen LogP contribution in [0.25, 0.3) is 32.6 Å². The van der Waals surface area contributed by atoms with E-state index >= 15 is 0 Å². The average Bonchev–Trinajstić information content (AvgIpc) is 3.45. The molecule has 0 N–H and O–H groups in total. The molecular weight excluding hydrogens is 917 g/mol.